The summed E-state index contributed by atoms with van der Waals surface area (Å²) in [5.74, 6) is -1.96. The van der Waals surface area contributed by atoms with Crippen molar-refractivity contribution in [3.05, 3.63) is 10.4 Å². The van der Waals surface area contributed by atoms with E-state index in [4.69, 9.17) is 36.1 Å². The molecule has 1 aliphatic heterocycles. The monoisotopic (exact) mass is 349 g/mol. The summed E-state index contributed by atoms with van der Waals surface area (Å²) in [4.78, 5) is 36.2. The molecule has 0 amide bonds. The molecule has 1 aliphatic rings. The highest BCUT2D eigenvalue weighted by Gasteiger charge is 2.49. The van der Waals surface area contributed by atoms with Gasteiger partial charge in [0.2, 0.25) is 0 Å². The largest absolute Gasteiger partial charge is 0.463 e. The summed E-state index contributed by atoms with van der Waals surface area (Å²) in [7, 11) is 0. The molecule has 128 valence electrons. The molecule has 5 atom stereocenters. The first kappa shape index (κ1) is 19.0. The number of hydrogen-bond donors (Lipinski definition) is 0. The lowest BCUT2D eigenvalue weighted by atomic mass is 9.98. The summed E-state index contributed by atoms with van der Waals surface area (Å²) in [6.45, 7) is 3.19. The maximum absolute atomic E-state index is 11.3. The van der Waals surface area contributed by atoms with Crippen molar-refractivity contribution in [3.8, 4) is 0 Å². The van der Waals surface area contributed by atoms with Crippen LogP contribution in [0.25, 0.3) is 10.4 Å². The van der Waals surface area contributed by atoms with Crippen molar-refractivity contribution >= 4 is 29.5 Å². The molecule has 0 saturated carbocycles. The fourth-order valence-electron chi connectivity index (χ4n) is 2.05. The topological polar surface area (TPSA) is 137 Å². The number of esters is 3. The Morgan fingerprint density at radius 3 is 2.17 bits per heavy atom. The lowest BCUT2D eigenvalue weighted by Gasteiger charge is -2.41. The van der Waals surface area contributed by atoms with E-state index in [2.05, 4.69) is 10.0 Å². The number of ether oxygens (including phenoxy) is 4. The molecule has 10 nitrogen and oxygen atoms in total. The second-order valence-electron chi connectivity index (χ2n) is 4.67. The molecule has 11 heteroatoms. The van der Waals surface area contributed by atoms with Crippen LogP contribution in [-0.2, 0) is 33.3 Å². The van der Waals surface area contributed by atoms with Crippen molar-refractivity contribution in [2.45, 2.75) is 50.7 Å². The third kappa shape index (κ3) is 5.59. The highest BCUT2D eigenvalue weighted by Crippen LogP contribution is 2.30. The Morgan fingerprint density at radius 2 is 1.70 bits per heavy atom. The van der Waals surface area contributed by atoms with E-state index in [1.54, 1.807) is 0 Å². The molecule has 1 heterocycles. The van der Waals surface area contributed by atoms with E-state index < -0.39 is 47.8 Å². The highest BCUT2D eigenvalue weighted by atomic mass is 35.5. The Balaban J connectivity index is 3.11. The zero-order valence-electron chi connectivity index (χ0n) is 12.7. The number of carbonyl (C=O) groups is 3. The van der Waals surface area contributed by atoms with Gasteiger partial charge in [0.15, 0.2) is 12.2 Å². The summed E-state index contributed by atoms with van der Waals surface area (Å²) in [6.07, 6.45) is -3.31. The normalized spacial score (nSPS) is 29.8. The number of halogens is 1. The van der Waals surface area contributed by atoms with E-state index in [9.17, 15) is 14.4 Å². The molecule has 0 N–H and O–H groups in total. The van der Waals surface area contributed by atoms with E-state index in [0.29, 0.717) is 0 Å². The van der Waals surface area contributed by atoms with E-state index in [1.165, 1.54) is 6.92 Å². The molecule has 0 aromatic heterocycles. The van der Waals surface area contributed by atoms with Crippen LogP contribution in [0.1, 0.15) is 20.8 Å². The number of nitrogens with zero attached hydrogens (tertiary/aromatic N) is 3. The van der Waals surface area contributed by atoms with Gasteiger partial charge >= 0.3 is 17.9 Å². The first-order chi connectivity index (χ1) is 10.8. The Labute approximate surface area is 136 Å². The Bertz CT molecular complexity index is 523. The minimum atomic E-state index is -1.18. The molecule has 23 heavy (non-hydrogen) atoms. The molecule has 0 bridgehead atoms. The van der Waals surface area contributed by atoms with Crippen LogP contribution in [0.5, 0.6) is 0 Å². The Morgan fingerprint density at radius 1 is 1.13 bits per heavy atom. The van der Waals surface area contributed by atoms with Crippen LogP contribution in [0.2, 0.25) is 0 Å². The molecule has 3 unspecified atom stereocenters. The van der Waals surface area contributed by atoms with E-state index in [0.717, 1.165) is 13.8 Å². The van der Waals surface area contributed by atoms with Crippen molar-refractivity contribution in [1.29, 1.82) is 0 Å². The van der Waals surface area contributed by atoms with Gasteiger partial charge in [-0.05, 0) is 5.53 Å². The predicted octanol–water partition coefficient (Wildman–Crippen LogP) is 1.06. The van der Waals surface area contributed by atoms with Gasteiger partial charge in [0.25, 0.3) is 0 Å². The molecule has 1 fully saturated rings. The molecule has 0 aliphatic carbocycles. The van der Waals surface area contributed by atoms with E-state index in [-0.39, 0.29) is 6.61 Å². The lowest BCUT2D eigenvalue weighted by Crippen LogP contribution is -2.59. The van der Waals surface area contributed by atoms with Crippen LogP contribution in [0.3, 0.4) is 0 Å². The second-order valence-corrected chi connectivity index (χ2v) is 5.10. The van der Waals surface area contributed by atoms with Crippen LogP contribution in [0.15, 0.2) is 5.11 Å². The molecular weight excluding hydrogens is 334 g/mol. The molecule has 1 saturated heterocycles. The summed E-state index contributed by atoms with van der Waals surface area (Å²) in [5.41, 5.74) is 7.46. The second kappa shape index (κ2) is 8.56. The van der Waals surface area contributed by atoms with E-state index in [1.807, 2.05) is 0 Å². The number of azide groups is 1. The average molecular weight is 350 g/mol. The zero-order valence-corrected chi connectivity index (χ0v) is 13.4. The summed E-state index contributed by atoms with van der Waals surface area (Å²) >= 11 is 5.99. The van der Waals surface area contributed by atoms with E-state index >= 15 is 0 Å². The number of carbonyl (C=O) groups excluding carboxylic acids is 3. The lowest BCUT2D eigenvalue weighted by molar-refractivity contribution is -0.209. The Kier molecular flexibility index (Phi) is 7.08. The van der Waals surface area contributed by atoms with Crippen LogP contribution < -0.4 is 0 Å². The van der Waals surface area contributed by atoms with Gasteiger partial charge in [-0.2, -0.15) is 0 Å². The van der Waals surface area contributed by atoms with Gasteiger partial charge in [0.1, 0.15) is 24.3 Å². The maximum atomic E-state index is 11.3. The van der Waals surface area contributed by atoms with Crippen molar-refractivity contribution in [3.63, 3.8) is 0 Å². The van der Waals surface area contributed by atoms with Gasteiger partial charge in [0, 0.05) is 25.7 Å². The zero-order chi connectivity index (χ0) is 17.6. The number of alkyl halides is 1. The first-order valence-corrected chi connectivity index (χ1v) is 7.01. The third-order valence-electron chi connectivity index (χ3n) is 2.84. The molecule has 0 radical (unpaired) electrons. The van der Waals surface area contributed by atoms with Crippen molar-refractivity contribution < 1.29 is 33.3 Å². The van der Waals surface area contributed by atoms with Crippen molar-refractivity contribution in [2.75, 3.05) is 6.61 Å². The van der Waals surface area contributed by atoms with Gasteiger partial charge in [-0.3, -0.25) is 14.4 Å². The van der Waals surface area contributed by atoms with Gasteiger partial charge in [-0.1, -0.05) is 16.7 Å². The van der Waals surface area contributed by atoms with Crippen molar-refractivity contribution in [2.24, 2.45) is 5.11 Å². The average Bonchev–Trinajstić information content (AvgIpc) is 2.42. The molecule has 0 aromatic rings. The molecule has 0 spiro atoms. The maximum Gasteiger partial charge on any atom is 0.303 e. The minimum Gasteiger partial charge on any atom is -0.463 e. The summed E-state index contributed by atoms with van der Waals surface area (Å²) in [6, 6.07) is -1.12. The smallest absolute Gasteiger partial charge is 0.303 e. The van der Waals surface area contributed by atoms with Crippen LogP contribution >= 0.6 is 11.6 Å². The highest BCUT2D eigenvalue weighted by molar-refractivity contribution is 6.20. The molecule has 0 aromatic carbocycles. The first-order valence-electron chi connectivity index (χ1n) is 6.57. The van der Waals surface area contributed by atoms with Gasteiger partial charge < -0.3 is 18.9 Å². The van der Waals surface area contributed by atoms with Crippen LogP contribution in [0.4, 0.5) is 0 Å². The number of hydrogen-bond acceptors (Lipinski definition) is 8. The summed E-state index contributed by atoms with van der Waals surface area (Å²) < 4.78 is 20.4. The van der Waals surface area contributed by atoms with Gasteiger partial charge in [0.05, 0.1) is 0 Å². The standard InChI is InChI=1S/C12H16ClN3O7/c1-5(17)20-4-8-10(21-6(2)18)11(22-7(3)19)9(15-16-14)12(13)23-8/h8-12H,4H2,1-3H3/t8?,9-,10?,11?,12-/m1/s1. The van der Waals surface area contributed by atoms with Gasteiger partial charge in [-0.15, -0.1) is 0 Å². The van der Waals surface area contributed by atoms with Crippen LogP contribution in [-0.4, -0.2) is 54.4 Å². The van der Waals surface area contributed by atoms with Crippen LogP contribution in [0, 0.1) is 0 Å². The van der Waals surface area contributed by atoms with Crippen molar-refractivity contribution in [1.82, 2.24) is 0 Å². The molecular formula is C12H16ClN3O7. The van der Waals surface area contributed by atoms with Gasteiger partial charge in [-0.25, -0.2) is 0 Å². The summed E-state index contributed by atoms with van der Waals surface area (Å²) in [5, 5.41) is 3.43. The fraction of sp³-hybridized carbons (Fsp3) is 0.750. The third-order valence-corrected chi connectivity index (χ3v) is 3.20. The quantitative estimate of drug-likeness (QED) is 0.180. The Hall–Kier alpha value is -2.03. The molecule has 1 rings (SSSR count). The number of rotatable bonds is 5. The predicted molar refractivity (Wildman–Crippen MR) is 75.2 cm³/mol. The minimum absolute atomic E-state index is 0.281. The SMILES string of the molecule is CC(=O)OCC1O[C@@H](Cl)[C@H](N=[N+]=[N-])C(OC(C)=O)C1OC(C)=O. The fourth-order valence-corrected chi connectivity index (χ4v) is 2.38.